The number of aromatic nitrogens is 2. The molecule has 0 radical (unpaired) electrons. The third-order valence-electron chi connectivity index (χ3n) is 5.51. The molecule has 0 unspecified atom stereocenters. The molecule has 0 bridgehead atoms. The SMILES string of the molecule is CCN1C(=O)OCc2cnc(N[C@@H](C)c3ccc(CN4CCNCC4)c(F)c3)nc21. The Hall–Kier alpha value is -2.78. The van der Waals surface area contributed by atoms with Crippen molar-refractivity contribution >= 4 is 17.9 Å². The van der Waals surface area contributed by atoms with Crippen molar-refractivity contribution in [2.45, 2.75) is 33.0 Å². The molecule has 1 aromatic heterocycles. The van der Waals surface area contributed by atoms with Crippen LogP contribution < -0.4 is 15.5 Å². The zero-order chi connectivity index (χ0) is 21.1. The molecule has 0 aliphatic carbocycles. The average molecular weight is 414 g/mol. The predicted octanol–water partition coefficient (Wildman–Crippen LogP) is 2.67. The van der Waals surface area contributed by atoms with Crippen LogP contribution in [0.4, 0.5) is 21.0 Å². The minimum Gasteiger partial charge on any atom is -0.444 e. The highest BCUT2D eigenvalue weighted by atomic mass is 19.1. The Morgan fingerprint density at radius 2 is 2.13 bits per heavy atom. The molecule has 160 valence electrons. The summed E-state index contributed by atoms with van der Waals surface area (Å²) >= 11 is 0. The maximum absolute atomic E-state index is 14.7. The Morgan fingerprint density at radius 3 is 2.87 bits per heavy atom. The number of rotatable bonds is 6. The maximum Gasteiger partial charge on any atom is 0.415 e. The number of nitrogens with one attached hydrogen (secondary N) is 2. The first-order chi connectivity index (χ1) is 14.5. The van der Waals surface area contributed by atoms with Gasteiger partial charge in [0.25, 0.3) is 0 Å². The van der Waals surface area contributed by atoms with Gasteiger partial charge in [0.15, 0.2) is 0 Å². The van der Waals surface area contributed by atoms with Crippen LogP contribution in [0.25, 0.3) is 0 Å². The summed E-state index contributed by atoms with van der Waals surface area (Å²) in [5.74, 6) is 0.738. The monoisotopic (exact) mass is 414 g/mol. The van der Waals surface area contributed by atoms with E-state index in [0.29, 0.717) is 30.4 Å². The number of hydrogen-bond acceptors (Lipinski definition) is 7. The summed E-state index contributed by atoms with van der Waals surface area (Å²) in [4.78, 5) is 24.5. The van der Waals surface area contributed by atoms with Gasteiger partial charge in [0.05, 0.1) is 11.6 Å². The van der Waals surface area contributed by atoms with Gasteiger partial charge < -0.3 is 15.4 Å². The van der Waals surface area contributed by atoms with Crippen LogP contribution >= 0.6 is 0 Å². The van der Waals surface area contributed by atoms with Crippen molar-refractivity contribution in [3.05, 3.63) is 46.9 Å². The fourth-order valence-corrected chi connectivity index (χ4v) is 3.73. The van der Waals surface area contributed by atoms with Crippen LogP contribution in [0, 0.1) is 5.82 Å². The van der Waals surface area contributed by atoms with E-state index in [9.17, 15) is 9.18 Å². The third kappa shape index (κ3) is 4.36. The lowest BCUT2D eigenvalue weighted by Gasteiger charge is -2.27. The van der Waals surface area contributed by atoms with Crippen molar-refractivity contribution in [2.75, 3.05) is 42.9 Å². The van der Waals surface area contributed by atoms with Crippen LogP contribution in [0.2, 0.25) is 0 Å². The molecule has 1 aromatic carbocycles. The number of ether oxygens (including phenoxy) is 1. The zero-order valence-corrected chi connectivity index (χ0v) is 17.3. The molecule has 2 aromatic rings. The van der Waals surface area contributed by atoms with E-state index in [1.54, 1.807) is 12.3 Å². The smallest absolute Gasteiger partial charge is 0.415 e. The lowest BCUT2D eigenvalue weighted by atomic mass is 10.0. The van der Waals surface area contributed by atoms with E-state index in [4.69, 9.17) is 4.74 Å². The van der Waals surface area contributed by atoms with Crippen molar-refractivity contribution in [3.63, 3.8) is 0 Å². The number of carbonyl (C=O) groups is 1. The van der Waals surface area contributed by atoms with Gasteiger partial charge in [-0.2, -0.15) is 4.98 Å². The third-order valence-corrected chi connectivity index (χ3v) is 5.51. The largest absolute Gasteiger partial charge is 0.444 e. The Labute approximate surface area is 175 Å². The van der Waals surface area contributed by atoms with Crippen molar-refractivity contribution in [2.24, 2.45) is 0 Å². The summed E-state index contributed by atoms with van der Waals surface area (Å²) in [6.45, 7) is 8.76. The number of hydrogen-bond donors (Lipinski definition) is 2. The number of piperazine rings is 1. The van der Waals surface area contributed by atoms with Crippen molar-refractivity contribution in [3.8, 4) is 0 Å². The highest BCUT2D eigenvalue weighted by molar-refractivity contribution is 5.89. The fourth-order valence-electron chi connectivity index (χ4n) is 3.73. The van der Waals surface area contributed by atoms with Crippen molar-refractivity contribution in [1.29, 1.82) is 0 Å². The molecule has 2 aliphatic rings. The molecular formula is C21H27FN6O2. The summed E-state index contributed by atoms with van der Waals surface area (Å²) in [7, 11) is 0. The Bertz CT molecular complexity index is 918. The van der Waals surface area contributed by atoms with E-state index in [-0.39, 0.29) is 18.5 Å². The molecule has 2 aliphatic heterocycles. The molecule has 0 spiro atoms. The molecule has 0 saturated carbocycles. The van der Waals surface area contributed by atoms with Crippen molar-refractivity contribution in [1.82, 2.24) is 20.2 Å². The Kier molecular flexibility index (Phi) is 6.10. The number of carbonyl (C=O) groups excluding carboxylic acids is 1. The molecule has 1 amide bonds. The van der Waals surface area contributed by atoms with Gasteiger partial charge in [-0.3, -0.25) is 9.80 Å². The van der Waals surface area contributed by atoms with Crippen molar-refractivity contribution < 1.29 is 13.9 Å². The van der Waals surface area contributed by atoms with E-state index in [1.165, 1.54) is 4.90 Å². The van der Waals surface area contributed by atoms with Gasteiger partial charge in [-0.15, -0.1) is 0 Å². The highest BCUT2D eigenvalue weighted by Crippen LogP contribution is 2.27. The van der Waals surface area contributed by atoms with E-state index in [1.807, 2.05) is 26.0 Å². The first-order valence-corrected chi connectivity index (χ1v) is 10.3. The average Bonchev–Trinajstić information content (AvgIpc) is 2.75. The second-order valence-corrected chi connectivity index (χ2v) is 7.58. The number of amides is 1. The number of cyclic esters (lactones) is 1. The van der Waals surface area contributed by atoms with Gasteiger partial charge in [0, 0.05) is 51.0 Å². The topological polar surface area (TPSA) is 82.6 Å². The lowest BCUT2D eigenvalue weighted by Crippen LogP contribution is -2.43. The molecule has 8 nitrogen and oxygen atoms in total. The molecule has 2 N–H and O–H groups in total. The van der Waals surface area contributed by atoms with E-state index in [0.717, 1.165) is 37.3 Å². The van der Waals surface area contributed by atoms with Gasteiger partial charge in [-0.1, -0.05) is 12.1 Å². The molecular weight excluding hydrogens is 387 g/mol. The van der Waals surface area contributed by atoms with Gasteiger partial charge in [0.1, 0.15) is 18.2 Å². The summed E-state index contributed by atoms with van der Waals surface area (Å²) in [6, 6.07) is 5.17. The predicted molar refractivity (Wildman–Crippen MR) is 112 cm³/mol. The second kappa shape index (κ2) is 8.93. The minimum absolute atomic E-state index is 0.167. The zero-order valence-electron chi connectivity index (χ0n) is 17.3. The summed E-state index contributed by atoms with van der Waals surface area (Å²) in [5, 5.41) is 6.52. The first-order valence-electron chi connectivity index (χ1n) is 10.3. The summed E-state index contributed by atoms with van der Waals surface area (Å²) < 4.78 is 19.8. The number of anilines is 2. The minimum atomic E-state index is -0.412. The summed E-state index contributed by atoms with van der Waals surface area (Å²) in [5.41, 5.74) is 2.28. The van der Waals surface area contributed by atoms with Crippen LogP contribution in [-0.2, 0) is 17.9 Å². The molecule has 1 saturated heterocycles. The van der Waals surface area contributed by atoms with Crippen LogP contribution in [0.3, 0.4) is 0 Å². The molecule has 4 rings (SSSR count). The highest BCUT2D eigenvalue weighted by Gasteiger charge is 2.27. The number of benzene rings is 1. The number of halogens is 1. The standard InChI is InChI=1S/C21H27FN6O2/c1-3-28-19-17(13-30-21(28)29)11-24-20(26-19)25-14(2)15-4-5-16(18(22)10-15)12-27-8-6-23-7-9-27/h4-5,10-11,14,23H,3,6-9,12-13H2,1-2H3,(H,24,25,26)/t14-/m0/s1. The number of nitrogens with zero attached hydrogens (tertiary/aromatic N) is 4. The van der Waals surface area contributed by atoms with Gasteiger partial charge in [-0.25, -0.2) is 14.2 Å². The van der Waals surface area contributed by atoms with E-state index >= 15 is 0 Å². The molecule has 1 atom stereocenters. The normalized spacial score (nSPS) is 18.0. The lowest BCUT2D eigenvalue weighted by molar-refractivity contribution is 0.141. The van der Waals surface area contributed by atoms with Gasteiger partial charge >= 0.3 is 6.09 Å². The van der Waals surface area contributed by atoms with Crippen LogP contribution in [0.1, 0.15) is 36.6 Å². The number of fused-ring (bicyclic) bond motifs is 1. The maximum atomic E-state index is 14.7. The van der Waals surface area contributed by atoms with Crippen LogP contribution in [-0.4, -0.2) is 53.7 Å². The molecule has 9 heteroatoms. The van der Waals surface area contributed by atoms with E-state index < -0.39 is 6.09 Å². The van der Waals surface area contributed by atoms with Crippen LogP contribution in [0.5, 0.6) is 0 Å². The second-order valence-electron chi connectivity index (χ2n) is 7.58. The summed E-state index contributed by atoms with van der Waals surface area (Å²) in [6.07, 6.45) is 1.24. The molecule has 3 heterocycles. The Balaban J connectivity index is 1.46. The van der Waals surface area contributed by atoms with Gasteiger partial charge in [0.2, 0.25) is 5.95 Å². The first kappa shape index (κ1) is 20.5. The van der Waals surface area contributed by atoms with Gasteiger partial charge in [-0.05, 0) is 25.5 Å². The quantitative estimate of drug-likeness (QED) is 0.752. The van der Waals surface area contributed by atoms with Crippen LogP contribution in [0.15, 0.2) is 24.4 Å². The molecule has 30 heavy (non-hydrogen) atoms. The molecule has 1 fully saturated rings. The Morgan fingerprint density at radius 1 is 1.33 bits per heavy atom. The van der Waals surface area contributed by atoms with E-state index in [2.05, 4.69) is 25.5 Å². The fraction of sp³-hybridized carbons (Fsp3) is 0.476.